The zero-order chi connectivity index (χ0) is 20.5. The average Bonchev–Trinajstić information content (AvgIpc) is 2.68. The number of carbonyl (C=O) groups is 1. The van der Waals surface area contributed by atoms with E-state index in [-0.39, 0.29) is 18.9 Å². The topological polar surface area (TPSA) is 100 Å². The highest BCUT2D eigenvalue weighted by atomic mass is 16.6. The van der Waals surface area contributed by atoms with Gasteiger partial charge in [-0.15, -0.1) is 0 Å². The van der Waals surface area contributed by atoms with E-state index < -0.39 is 10.9 Å². The largest absolute Gasteiger partial charge is 0.482 e. The minimum atomic E-state index is -0.452. The van der Waals surface area contributed by atoms with Crippen LogP contribution in [0.15, 0.2) is 47.6 Å². The molecule has 0 radical (unpaired) electrons. The second-order valence-electron chi connectivity index (χ2n) is 5.95. The van der Waals surface area contributed by atoms with Gasteiger partial charge >= 0.3 is 5.97 Å². The third-order valence-electron chi connectivity index (χ3n) is 3.84. The molecule has 0 aliphatic heterocycles. The molecule has 2 aromatic rings. The minimum absolute atomic E-state index is 0.0263. The number of benzene rings is 2. The van der Waals surface area contributed by atoms with Crippen LogP contribution in [0.2, 0.25) is 0 Å². The lowest BCUT2D eigenvalue weighted by molar-refractivity contribution is -0.384. The summed E-state index contributed by atoms with van der Waals surface area (Å²) in [5.74, 6) is 0.139. The number of hydrogen-bond donors (Lipinski definition) is 0. The SMILES string of the molecule is CCOC(=O)COc1cc(/C(C)=N/OCc2ccc([N+](=O)[O-])cc2)ccc1C. The average molecular weight is 386 g/mol. The van der Waals surface area contributed by atoms with Crippen LogP contribution in [0.3, 0.4) is 0 Å². The lowest BCUT2D eigenvalue weighted by Crippen LogP contribution is -2.15. The summed E-state index contributed by atoms with van der Waals surface area (Å²) in [5, 5.41) is 14.7. The standard InChI is InChI=1S/C20H22N2O6/c1-4-26-20(23)13-27-19-11-17(8-5-14(19)2)15(3)21-28-12-16-6-9-18(10-7-16)22(24)25/h5-11H,4,12-13H2,1-3H3/b21-15+. The van der Waals surface area contributed by atoms with Gasteiger partial charge in [0.2, 0.25) is 0 Å². The number of nitro groups is 1. The van der Waals surface area contributed by atoms with Crippen LogP contribution in [0, 0.1) is 17.0 Å². The maximum Gasteiger partial charge on any atom is 0.344 e. The van der Waals surface area contributed by atoms with Crippen molar-refractivity contribution in [1.29, 1.82) is 0 Å². The van der Waals surface area contributed by atoms with Gasteiger partial charge in [0.1, 0.15) is 12.4 Å². The van der Waals surface area contributed by atoms with Gasteiger partial charge in [0.25, 0.3) is 5.69 Å². The zero-order valence-electron chi connectivity index (χ0n) is 16.0. The monoisotopic (exact) mass is 386 g/mol. The summed E-state index contributed by atoms with van der Waals surface area (Å²) < 4.78 is 10.4. The van der Waals surface area contributed by atoms with Gasteiger partial charge in [0.15, 0.2) is 6.61 Å². The summed E-state index contributed by atoms with van der Waals surface area (Å²) in [7, 11) is 0. The Kier molecular flexibility index (Phi) is 7.50. The maximum absolute atomic E-state index is 11.5. The van der Waals surface area contributed by atoms with Crippen LogP contribution >= 0.6 is 0 Å². The highest BCUT2D eigenvalue weighted by Gasteiger charge is 2.08. The molecule has 2 rings (SSSR count). The van der Waals surface area contributed by atoms with Crippen LogP contribution in [-0.2, 0) is 21.0 Å². The molecule has 0 amide bonds. The Bertz CT molecular complexity index is 861. The van der Waals surface area contributed by atoms with Crippen molar-refractivity contribution in [3.05, 3.63) is 69.3 Å². The number of aryl methyl sites for hydroxylation is 1. The Hall–Kier alpha value is -3.42. The summed E-state index contributed by atoms with van der Waals surface area (Å²) in [6.45, 7) is 5.73. The quantitative estimate of drug-likeness (QED) is 0.281. The summed E-state index contributed by atoms with van der Waals surface area (Å²) in [4.78, 5) is 27.0. The first-order valence-electron chi connectivity index (χ1n) is 8.70. The van der Waals surface area contributed by atoms with Gasteiger partial charge in [-0.3, -0.25) is 10.1 Å². The third kappa shape index (κ3) is 6.08. The number of nitro benzene ring substituents is 1. The van der Waals surface area contributed by atoms with E-state index in [0.717, 1.165) is 16.7 Å². The summed E-state index contributed by atoms with van der Waals surface area (Å²) in [6, 6.07) is 11.6. The summed E-state index contributed by atoms with van der Waals surface area (Å²) in [6.07, 6.45) is 0. The van der Waals surface area contributed by atoms with E-state index in [1.807, 2.05) is 19.1 Å². The van der Waals surface area contributed by atoms with E-state index in [1.54, 1.807) is 32.0 Å². The smallest absolute Gasteiger partial charge is 0.344 e. The van der Waals surface area contributed by atoms with E-state index in [4.69, 9.17) is 14.3 Å². The van der Waals surface area contributed by atoms with Crippen molar-refractivity contribution in [2.75, 3.05) is 13.2 Å². The number of ether oxygens (including phenoxy) is 2. The Morgan fingerprint density at radius 2 is 1.89 bits per heavy atom. The Morgan fingerprint density at radius 1 is 1.18 bits per heavy atom. The molecule has 0 fully saturated rings. The Balaban J connectivity index is 1.98. The van der Waals surface area contributed by atoms with Crippen LogP contribution in [-0.4, -0.2) is 29.8 Å². The number of nitrogens with zero attached hydrogens (tertiary/aromatic N) is 2. The van der Waals surface area contributed by atoms with Crippen molar-refractivity contribution in [1.82, 2.24) is 0 Å². The molecule has 2 aromatic carbocycles. The zero-order valence-corrected chi connectivity index (χ0v) is 16.0. The fourth-order valence-corrected chi connectivity index (χ4v) is 2.29. The number of non-ortho nitro benzene ring substituents is 1. The second kappa shape index (κ2) is 10.1. The molecule has 0 saturated heterocycles. The first-order chi connectivity index (χ1) is 13.4. The highest BCUT2D eigenvalue weighted by Crippen LogP contribution is 2.20. The van der Waals surface area contributed by atoms with E-state index in [0.29, 0.717) is 18.1 Å². The van der Waals surface area contributed by atoms with Gasteiger partial charge in [-0.2, -0.15) is 0 Å². The van der Waals surface area contributed by atoms with E-state index >= 15 is 0 Å². The minimum Gasteiger partial charge on any atom is -0.482 e. The molecule has 0 N–H and O–H groups in total. The molecule has 0 aliphatic carbocycles. The molecule has 8 nitrogen and oxygen atoms in total. The molecule has 0 saturated carbocycles. The molecule has 0 aromatic heterocycles. The van der Waals surface area contributed by atoms with E-state index in [2.05, 4.69) is 5.16 Å². The lowest BCUT2D eigenvalue weighted by atomic mass is 10.1. The molecule has 0 unspecified atom stereocenters. The summed E-state index contributed by atoms with van der Waals surface area (Å²) >= 11 is 0. The molecule has 0 heterocycles. The first kappa shape index (κ1) is 20.9. The van der Waals surface area contributed by atoms with Gasteiger partial charge < -0.3 is 14.3 Å². The van der Waals surface area contributed by atoms with Crippen molar-refractivity contribution >= 4 is 17.4 Å². The molecule has 0 atom stereocenters. The molecule has 0 spiro atoms. The Morgan fingerprint density at radius 3 is 2.54 bits per heavy atom. The fourth-order valence-electron chi connectivity index (χ4n) is 2.29. The van der Waals surface area contributed by atoms with Gasteiger partial charge in [0, 0.05) is 17.7 Å². The lowest BCUT2D eigenvalue weighted by Gasteiger charge is -2.10. The van der Waals surface area contributed by atoms with E-state index in [9.17, 15) is 14.9 Å². The number of carbonyl (C=O) groups excluding carboxylic acids is 1. The highest BCUT2D eigenvalue weighted by molar-refractivity contribution is 5.98. The molecule has 148 valence electrons. The van der Waals surface area contributed by atoms with Gasteiger partial charge in [-0.25, -0.2) is 4.79 Å². The van der Waals surface area contributed by atoms with Crippen LogP contribution in [0.1, 0.15) is 30.5 Å². The Labute approximate surface area is 162 Å². The van der Waals surface area contributed by atoms with Crippen molar-refractivity contribution in [3.8, 4) is 5.75 Å². The van der Waals surface area contributed by atoms with Crippen LogP contribution in [0.5, 0.6) is 5.75 Å². The molecular weight excluding hydrogens is 364 g/mol. The number of oxime groups is 1. The van der Waals surface area contributed by atoms with Crippen molar-refractivity contribution in [2.24, 2.45) is 5.16 Å². The predicted octanol–water partition coefficient (Wildman–Crippen LogP) is 3.79. The second-order valence-corrected chi connectivity index (χ2v) is 5.95. The first-order valence-corrected chi connectivity index (χ1v) is 8.70. The summed E-state index contributed by atoms with van der Waals surface area (Å²) in [5.41, 5.74) is 3.09. The molecule has 0 aliphatic rings. The molecule has 0 bridgehead atoms. The van der Waals surface area contributed by atoms with Crippen LogP contribution < -0.4 is 4.74 Å². The number of hydrogen-bond acceptors (Lipinski definition) is 7. The van der Waals surface area contributed by atoms with Crippen molar-refractivity contribution in [3.63, 3.8) is 0 Å². The van der Waals surface area contributed by atoms with Crippen molar-refractivity contribution in [2.45, 2.75) is 27.4 Å². The van der Waals surface area contributed by atoms with Crippen molar-refractivity contribution < 1.29 is 24.0 Å². The van der Waals surface area contributed by atoms with Gasteiger partial charge in [-0.05, 0) is 50.1 Å². The van der Waals surface area contributed by atoms with Crippen LogP contribution in [0.4, 0.5) is 5.69 Å². The molecular formula is C20H22N2O6. The molecule has 8 heteroatoms. The normalized spacial score (nSPS) is 11.0. The van der Waals surface area contributed by atoms with Crippen LogP contribution in [0.25, 0.3) is 0 Å². The predicted molar refractivity (Wildman–Crippen MR) is 103 cm³/mol. The third-order valence-corrected chi connectivity index (χ3v) is 3.84. The number of rotatable bonds is 9. The molecule has 28 heavy (non-hydrogen) atoms. The van der Waals surface area contributed by atoms with Gasteiger partial charge in [-0.1, -0.05) is 17.3 Å². The van der Waals surface area contributed by atoms with E-state index in [1.165, 1.54) is 12.1 Å². The van der Waals surface area contributed by atoms with Gasteiger partial charge in [0.05, 0.1) is 17.2 Å². The maximum atomic E-state index is 11.5. The number of esters is 1. The fraction of sp³-hybridized carbons (Fsp3) is 0.300.